The molecule has 0 unspecified atom stereocenters. The minimum absolute atomic E-state index is 1.12. The Morgan fingerprint density at radius 1 is 0.148 bits per heavy atom. The van der Waals surface area contributed by atoms with Crippen molar-refractivity contribution in [2.45, 2.75) is 0 Å². The van der Waals surface area contributed by atoms with Gasteiger partial charge in [0.25, 0.3) is 0 Å². The largest absolute Gasteiger partial charge is 0.310 e. The summed E-state index contributed by atoms with van der Waals surface area (Å²) < 4.78 is 15.0. The zero-order valence-corrected chi connectivity index (χ0v) is 75.9. The van der Waals surface area contributed by atoms with Crippen molar-refractivity contribution in [1.82, 2.24) is 13.7 Å². The Labute approximate surface area is 793 Å². The fourth-order valence-corrected chi connectivity index (χ4v) is 23.7. The third-order valence-corrected chi connectivity index (χ3v) is 29.7. The summed E-state index contributed by atoms with van der Waals surface area (Å²) in [6.45, 7) is 0. The highest BCUT2D eigenvalue weighted by molar-refractivity contribution is 7.26. The second-order valence-corrected chi connectivity index (χ2v) is 37.4. The first kappa shape index (κ1) is 80.2. The molecule has 21 aromatic carbocycles. The van der Waals surface area contributed by atoms with E-state index in [2.05, 4.69) is 538 Å². The third kappa shape index (κ3) is 14.3. The SMILES string of the molecule is c1ccc(-c2cc3c(cc2N(c2ccccc2)c2ccc4c(c2)sc2ccccc24)c2ccccc2n3-c2ccccc2)cc1.c1ccc(-c2cc3c(cc2N(c2ccccc2)c2ccc4sc5ccccc5c4c2)c2ccccc2n3-c2ccccc2)cc1.c1ccc(-c2cc3c(cc2N(c2ccccc2)c2cccc4sc5ccccc5c24)c2ccccc2n3-c2ccccc2)cc1. The number of hydrogen-bond acceptors (Lipinski definition) is 6. The Balaban J connectivity index is 0.000000108. The van der Waals surface area contributed by atoms with Gasteiger partial charge in [-0.3, -0.25) is 0 Å². The average molecular weight is 1780 g/mol. The molecule has 6 heterocycles. The van der Waals surface area contributed by atoms with Crippen molar-refractivity contribution in [3.8, 4) is 50.4 Å². The van der Waals surface area contributed by atoms with Gasteiger partial charge in [-0.05, 0) is 205 Å². The molecule has 0 aliphatic rings. The van der Waals surface area contributed by atoms with Gasteiger partial charge in [0, 0.05) is 155 Å². The zero-order valence-electron chi connectivity index (χ0n) is 73.4. The maximum atomic E-state index is 2.47. The molecule has 0 radical (unpaired) electrons. The number of anilines is 9. The van der Waals surface area contributed by atoms with Crippen LogP contribution in [-0.4, -0.2) is 13.7 Å². The molecular formula is C126H84N6S3. The number of nitrogens with zero attached hydrogens (tertiary/aromatic N) is 6. The van der Waals surface area contributed by atoms with Gasteiger partial charge in [-0.25, -0.2) is 0 Å². The van der Waals surface area contributed by atoms with Crippen LogP contribution >= 0.6 is 34.0 Å². The predicted molar refractivity (Wildman–Crippen MR) is 581 cm³/mol. The van der Waals surface area contributed by atoms with E-state index < -0.39 is 0 Å². The fraction of sp³-hybridized carbons (Fsp3) is 0. The van der Waals surface area contributed by atoms with Crippen molar-refractivity contribution in [2.24, 2.45) is 0 Å². The lowest BCUT2D eigenvalue weighted by atomic mass is 9.98. The van der Waals surface area contributed by atoms with E-state index >= 15 is 0 Å². The number of hydrogen-bond donors (Lipinski definition) is 0. The molecule has 6 aromatic heterocycles. The van der Waals surface area contributed by atoms with Gasteiger partial charge >= 0.3 is 0 Å². The topological polar surface area (TPSA) is 24.5 Å². The normalized spacial score (nSPS) is 11.6. The van der Waals surface area contributed by atoms with Gasteiger partial charge in [-0.2, -0.15) is 0 Å². The summed E-state index contributed by atoms with van der Waals surface area (Å²) in [5, 5.41) is 15.2. The molecule has 27 aromatic rings. The van der Waals surface area contributed by atoms with Crippen LogP contribution < -0.4 is 14.7 Å². The van der Waals surface area contributed by atoms with Crippen LogP contribution in [0.2, 0.25) is 0 Å². The number of benzene rings is 21. The molecule has 0 bridgehead atoms. The first-order valence-corrected chi connectivity index (χ1v) is 48.3. The van der Waals surface area contributed by atoms with E-state index in [9.17, 15) is 0 Å². The Kier molecular flexibility index (Phi) is 20.4. The summed E-state index contributed by atoms with van der Waals surface area (Å²) in [5.74, 6) is 0. The predicted octanol–water partition coefficient (Wildman–Crippen LogP) is 36.9. The van der Waals surface area contributed by atoms with Gasteiger partial charge in [0.2, 0.25) is 0 Å². The molecule has 0 saturated heterocycles. The zero-order chi connectivity index (χ0) is 89.2. The third-order valence-electron chi connectivity index (χ3n) is 26.3. The highest BCUT2D eigenvalue weighted by Crippen LogP contribution is 2.54. The molecule has 0 aliphatic heterocycles. The summed E-state index contributed by atoms with van der Waals surface area (Å²) >= 11 is 5.58. The average Bonchev–Trinajstić information content (AvgIpc) is 1.58. The summed E-state index contributed by atoms with van der Waals surface area (Å²) in [6.07, 6.45) is 0. The Bertz CT molecular complexity index is 9100. The number of thiophene rings is 3. The van der Waals surface area contributed by atoms with E-state index in [-0.39, 0.29) is 0 Å². The monoisotopic (exact) mass is 1780 g/mol. The van der Waals surface area contributed by atoms with Gasteiger partial charge in [-0.1, -0.05) is 322 Å². The maximum Gasteiger partial charge on any atom is 0.0555 e. The molecule has 0 fully saturated rings. The lowest BCUT2D eigenvalue weighted by Gasteiger charge is -2.29. The second-order valence-electron chi connectivity index (χ2n) is 34.1. The lowest BCUT2D eigenvalue weighted by Crippen LogP contribution is -2.11. The van der Waals surface area contributed by atoms with Crippen LogP contribution in [0.3, 0.4) is 0 Å². The van der Waals surface area contributed by atoms with Crippen molar-refractivity contribution in [3.05, 3.63) is 510 Å². The Morgan fingerprint density at radius 3 is 0.859 bits per heavy atom. The summed E-state index contributed by atoms with van der Waals surface area (Å²) in [7, 11) is 0. The molecule has 0 spiro atoms. The highest BCUT2D eigenvalue weighted by Gasteiger charge is 2.29. The Morgan fingerprint density at radius 2 is 0.437 bits per heavy atom. The first-order valence-electron chi connectivity index (χ1n) is 45.8. The lowest BCUT2D eigenvalue weighted by molar-refractivity contribution is 1.18. The molecule has 135 heavy (non-hydrogen) atoms. The molecule has 0 N–H and O–H groups in total. The van der Waals surface area contributed by atoms with Crippen LogP contribution in [0.5, 0.6) is 0 Å². The number of aromatic nitrogens is 3. The van der Waals surface area contributed by atoms with E-state index in [0.29, 0.717) is 0 Å². The van der Waals surface area contributed by atoms with Crippen molar-refractivity contribution < 1.29 is 0 Å². The molecule has 0 atom stereocenters. The number of rotatable bonds is 15. The first-order chi connectivity index (χ1) is 67.0. The summed E-state index contributed by atoms with van der Waals surface area (Å²) in [6, 6.07) is 184. The van der Waals surface area contributed by atoms with E-state index in [0.717, 1.165) is 62.6 Å². The standard InChI is InChI=1S/3C42H28N2S/c1-4-15-29(16-5-1)34-27-39-35(32-21-10-12-23-36(32)43(39)30-17-6-2-7-18-30)28-38(34)44(31-19-8-3-9-20-31)37-24-14-26-41-42(37)33-22-11-13-25-40(33)45-41;1-4-14-29(15-5-1)35-27-40-36(33-20-10-12-22-38(33)44(40)31-18-8-3-9-19-31)28-39(35)43(30-16-6-2-7-17-30)32-24-25-42-37(26-32)34-21-11-13-23-41(34)45-42;1-4-14-29(15-5-1)36-27-40-37(33-20-10-12-22-38(33)44(40)31-18-8-3-9-19-31)28-39(36)43(30-16-6-2-7-17-30)32-24-25-35-34-21-11-13-23-41(34)45-42(35)26-32/h3*1-28H. The fourth-order valence-electron chi connectivity index (χ4n) is 20.3. The minimum Gasteiger partial charge on any atom is -0.310 e. The number of para-hydroxylation sites is 9. The van der Waals surface area contributed by atoms with Crippen LogP contribution in [0, 0.1) is 0 Å². The quantitative estimate of drug-likeness (QED) is 0.102. The minimum atomic E-state index is 1.12. The molecular weight excluding hydrogens is 1690 g/mol. The summed E-state index contributed by atoms with van der Waals surface area (Å²) in [5.41, 5.74) is 28.0. The van der Waals surface area contributed by atoms with E-state index in [4.69, 9.17) is 0 Å². The van der Waals surface area contributed by atoms with Gasteiger partial charge in [0.05, 0.1) is 55.8 Å². The van der Waals surface area contributed by atoms with E-state index in [1.807, 2.05) is 34.0 Å². The van der Waals surface area contributed by atoms with Gasteiger partial charge in [-0.15, -0.1) is 34.0 Å². The smallest absolute Gasteiger partial charge is 0.0555 e. The molecule has 0 amide bonds. The van der Waals surface area contributed by atoms with E-state index in [1.54, 1.807) is 0 Å². The highest BCUT2D eigenvalue weighted by atomic mass is 32.1. The van der Waals surface area contributed by atoms with Crippen molar-refractivity contribution >= 4 is 211 Å². The molecule has 636 valence electrons. The summed E-state index contributed by atoms with van der Waals surface area (Å²) in [4.78, 5) is 7.33. The van der Waals surface area contributed by atoms with Crippen LogP contribution in [0.15, 0.2) is 510 Å². The Hall–Kier alpha value is -16.9. The van der Waals surface area contributed by atoms with Gasteiger partial charge in [0.15, 0.2) is 0 Å². The van der Waals surface area contributed by atoms with Crippen molar-refractivity contribution in [2.75, 3.05) is 14.7 Å². The molecule has 9 heteroatoms. The van der Waals surface area contributed by atoms with Crippen molar-refractivity contribution in [3.63, 3.8) is 0 Å². The molecule has 27 rings (SSSR count). The van der Waals surface area contributed by atoms with E-state index in [1.165, 1.54) is 165 Å². The molecule has 0 saturated carbocycles. The van der Waals surface area contributed by atoms with Crippen LogP contribution in [-0.2, 0) is 0 Å². The second kappa shape index (κ2) is 34.4. The maximum absolute atomic E-state index is 2.47. The van der Waals surface area contributed by atoms with Crippen LogP contribution in [0.25, 0.3) is 176 Å². The number of fused-ring (bicyclic) bond motifs is 18. The van der Waals surface area contributed by atoms with Crippen molar-refractivity contribution in [1.29, 1.82) is 0 Å². The van der Waals surface area contributed by atoms with Crippen LogP contribution in [0.4, 0.5) is 51.2 Å². The van der Waals surface area contributed by atoms with Gasteiger partial charge < -0.3 is 28.4 Å². The molecule has 6 nitrogen and oxygen atoms in total. The molecule has 0 aliphatic carbocycles. The van der Waals surface area contributed by atoms with Gasteiger partial charge in [0.1, 0.15) is 0 Å². The van der Waals surface area contributed by atoms with Crippen LogP contribution in [0.1, 0.15) is 0 Å².